The number of aromatic hydroxyl groups is 1. The van der Waals surface area contributed by atoms with Crippen molar-refractivity contribution in [3.63, 3.8) is 0 Å². The number of hydrogen-bond acceptors (Lipinski definition) is 2. The molecule has 0 heterocycles. The Morgan fingerprint density at radius 2 is 1.80 bits per heavy atom. The molecular formula is C11H10N2O2. The maximum absolute atomic E-state index is 10.7. The van der Waals surface area contributed by atoms with E-state index >= 15 is 0 Å². The molecule has 2 aromatic carbocycles. The van der Waals surface area contributed by atoms with Gasteiger partial charge in [0.1, 0.15) is 5.75 Å². The number of hydrogen-bond donors (Lipinski definition) is 3. The van der Waals surface area contributed by atoms with Gasteiger partial charge in [0.25, 0.3) is 0 Å². The van der Waals surface area contributed by atoms with Gasteiger partial charge in [-0.3, -0.25) is 0 Å². The highest BCUT2D eigenvalue weighted by atomic mass is 16.3. The number of carbonyl (C=O) groups is 1. The molecule has 2 rings (SSSR count). The average Bonchev–Trinajstić information content (AvgIpc) is 2.18. The number of benzene rings is 2. The van der Waals surface area contributed by atoms with E-state index in [9.17, 15) is 9.90 Å². The molecular weight excluding hydrogens is 192 g/mol. The molecule has 2 aromatic rings. The van der Waals surface area contributed by atoms with Crippen molar-refractivity contribution in [2.24, 2.45) is 5.73 Å². The first kappa shape index (κ1) is 9.33. The molecule has 0 aromatic heterocycles. The zero-order chi connectivity index (χ0) is 10.8. The van der Waals surface area contributed by atoms with Gasteiger partial charge < -0.3 is 16.2 Å². The van der Waals surface area contributed by atoms with Gasteiger partial charge in [0.05, 0.1) is 5.69 Å². The molecule has 2 amide bonds. The van der Waals surface area contributed by atoms with Gasteiger partial charge in [-0.15, -0.1) is 0 Å². The summed E-state index contributed by atoms with van der Waals surface area (Å²) in [7, 11) is 0. The molecule has 0 saturated heterocycles. The van der Waals surface area contributed by atoms with E-state index in [4.69, 9.17) is 5.73 Å². The lowest BCUT2D eigenvalue weighted by Gasteiger charge is -2.06. The van der Waals surface area contributed by atoms with Crippen molar-refractivity contribution in [3.05, 3.63) is 36.4 Å². The van der Waals surface area contributed by atoms with E-state index in [0.717, 1.165) is 10.8 Å². The molecule has 0 bridgehead atoms. The van der Waals surface area contributed by atoms with Crippen LogP contribution in [-0.4, -0.2) is 11.1 Å². The van der Waals surface area contributed by atoms with Crippen molar-refractivity contribution in [2.75, 3.05) is 5.32 Å². The van der Waals surface area contributed by atoms with E-state index in [-0.39, 0.29) is 5.75 Å². The van der Waals surface area contributed by atoms with E-state index in [2.05, 4.69) is 5.32 Å². The Morgan fingerprint density at radius 1 is 1.20 bits per heavy atom. The first-order valence-corrected chi connectivity index (χ1v) is 4.45. The lowest BCUT2D eigenvalue weighted by atomic mass is 10.1. The average molecular weight is 202 g/mol. The first-order valence-electron chi connectivity index (χ1n) is 4.45. The van der Waals surface area contributed by atoms with Crippen LogP contribution < -0.4 is 11.1 Å². The SMILES string of the molecule is NC(=O)Nc1cc2ccccc2cc1O. The number of nitrogens with one attached hydrogen (secondary N) is 1. The summed E-state index contributed by atoms with van der Waals surface area (Å²) in [5.74, 6) is 0.00694. The van der Waals surface area contributed by atoms with Crippen LogP contribution in [0.2, 0.25) is 0 Å². The summed E-state index contributed by atoms with van der Waals surface area (Å²) in [6.45, 7) is 0. The second kappa shape index (κ2) is 3.49. The smallest absolute Gasteiger partial charge is 0.316 e. The summed E-state index contributed by atoms with van der Waals surface area (Å²) in [5, 5.41) is 13.8. The third kappa shape index (κ3) is 1.83. The summed E-state index contributed by atoms with van der Waals surface area (Å²) in [5.41, 5.74) is 5.30. The summed E-state index contributed by atoms with van der Waals surface area (Å²) < 4.78 is 0. The lowest BCUT2D eigenvalue weighted by Crippen LogP contribution is -2.19. The largest absolute Gasteiger partial charge is 0.506 e. The molecule has 0 aliphatic carbocycles. The molecule has 4 N–H and O–H groups in total. The highest BCUT2D eigenvalue weighted by Crippen LogP contribution is 2.28. The Labute approximate surface area is 86.3 Å². The van der Waals surface area contributed by atoms with Crippen molar-refractivity contribution >= 4 is 22.5 Å². The van der Waals surface area contributed by atoms with E-state index in [1.165, 1.54) is 0 Å². The number of primary amides is 1. The topological polar surface area (TPSA) is 75.4 Å². The molecule has 0 fully saturated rings. The van der Waals surface area contributed by atoms with Gasteiger partial charge in [0, 0.05) is 0 Å². The molecule has 4 heteroatoms. The van der Waals surface area contributed by atoms with Crippen molar-refractivity contribution in [1.29, 1.82) is 0 Å². The van der Waals surface area contributed by atoms with Crippen LogP contribution in [0.4, 0.5) is 10.5 Å². The van der Waals surface area contributed by atoms with Crippen molar-refractivity contribution in [2.45, 2.75) is 0 Å². The number of rotatable bonds is 1. The van der Waals surface area contributed by atoms with E-state index in [0.29, 0.717) is 5.69 Å². The zero-order valence-corrected chi connectivity index (χ0v) is 7.90. The minimum atomic E-state index is -0.694. The Bertz CT molecular complexity index is 523. The molecule has 76 valence electrons. The quantitative estimate of drug-likeness (QED) is 0.619. The van der Waals surface area contributed by atoms with Crippen LogP contribution in [0.15, 0.2) is 36.4 Å². The van der Waals surface area contributed by atoms with Gasteiger partial charge in [-0.25, -0.2) is 4.79 Å². The van der Waals surface area contributed by atoms with Crippen molar-refractivity contribution < 1.29 is 9.90 Å². The predicted molar refractivity (Wildman–Crippen MR) is 58.8 cm³/mol. The number of anilines is 1. The fraction of sp³-hybridized carbons (Fsp3) is 0. The number of urea groups is 1. The normalized spacial score (nSPS) is 10.1. The summed E-state index contributed by atoms with van der Waals surface area (Å²) >= 11 is 0. The Hall–Kier alpha value is -2.23. The number of phenolic OH excluding ortho intramolecular Hbond substituents is 1. The number of amides is 2. The van der Waals surface area contributed by atoms with Crippen LogP contribution >= 0.6 is 0 Å². The predicted octanol–water partition coefficient (Wildman–Crippen LogP) is 2.04. The maximum Gasteiger partial charge on any atom is 0.316 e. The Kier molecular flexibility index (Phi) is 2.17. The summed E-state index contributed by atoms with van der Waals surface area (Å²) in [6, 6.07) is 10.1. The Morgan fingerprint density at radius 3 is 2.40 bits per heavy atom. The Balaban J connectivity index is 2.56. The minimum absolute atomic E-state index is 0.00694. The fourth-order valence-electron chi connectivity index (χ4n) is 1.46. The fourth-order valence-corrected chi connectivity index (χ4v) is 1.46. The molecule has 0 aliphatic heterocycles. The van der Waals surface area contributed by atoms with Crippen LogP contribution in [0, 0.1) is 0 Å². The van der Waals surface area contributed by atoms with Gasteiger partial charge in [-0.05, 0) is 22.9 Å². The van der Waals surface area contributed by atoms with Crippen LogP contribution in [0.3, 0.4) is 0 Å². The van der Waals surface area contributed by atoms with E-state index < -0.39 is 6.03 Å². The van der Waals surface area contributed by atoms with Gasteiger partial charge in [-0.1, -0.05) is 24.3 Å². The molecule has 0 radical (unpaired) electrons. The highest BCUT2D eigenvalue weighted by Gasteiger charge is 2.04. The van der Waals surface area contributed by atoms with Gasteiger partial charge in [-0.2, -0.15) is 0 Å². The molecule has 0 unspecified atom stereocenters. The molecule has 4 nitrogen and oxygen atoms in total. The van der Waals surface area contributed by atoms with Crippen molar-refractivity contribution in [3.8, 4) is 5.75 Å². The maximum atomic E-state index is 10.7. The minimum Gasteiger partial charge on any atom is -0.506 e. The molecule has 0 atom stereocenters. The standard InChI is InChI=1S/C11H10N2O2/c12-11(15)13-9-5-7-3-1-2-4-8(7)6-10(9)14/h1-6,14H,(H3,12,13,15). The third-order valence-electron chi connectivity index (χ3n) is 2.12. The van der Waals surface area contributed by atoms with Crippen LogP contribution in [-0.2, 0) is 0 Å². The number of phenols is 1. The molecule has 0 spiro atoms. The molecule has 0 saturated carbocycles. The zero-order valence-electron chi connectivity index (χ0n) is 7.90. The van der Waals surface area contributed by atoms with E-state index in [1.807, 2.05) is 24.3 Å². The van der Waals surface area contributed by atoms with Crippen LogP contribution in [0.5, 0.6) is 5.75 Å². The van der Waals surface area contributed by atoms with Crippen molar-refractivity contribution in [1.82, 2.24) is 0 Å². The molecule has 15 heavy (non-hydrogen) atoms. The molecule has 0 aliphatic rings. The van der Waals surface area contributed by atoms with Gasteiger partial charge in [0.15, 0.2) is 0 Å². The lowest BCUT2D eigenvalue weighted by molar-refractivity contribution is 0.259. The number of fused-ring (bicyclic) bond motifs is 1. The second-order valence-corrected chi connectivity index (χ2v) is 3.21. The summed E-state index contributed by atoms with van der Waals surface area (Å²) in [6.07, 6.45) is 0. The monoisotopic (exact) mass is 202 g/mol. The van der Waals surface area contributed by atoms with Crippen LogP contribution in [0.25, 0.3) is 10.8 Å². The highest BCUT2D eigenvalue weighted by molar-refractivity contribution is 5.95. The first-order chi connectivity index (χ1) is 7.16. The number of nitrogens with two attached hydrogens (primary N) is 1. The second-order valence-electron chi connectivity index (χ2n) is 3.21. The van der Waals surface area contributed by atoms with Gasteiger partial charge >= 0.3 is 6.03 Å². The number of carbonyl (C=O) groups excluding carboxylic acids is 1. The third-order valence-corrected chi connectivity index (χ3v) is 2.12. The van der Waals surface area contributed by atoms with E-state index in [1.54, 1.807) is 12.1 Å². The van der Waals surface area contributed by atoms with Gasteiger partial charge in [0.2, 0.25) is 0 Å². The van der Waals surface area contributed by atoms with Crippen LogP contribution in [0.1, 0.15) is 0 Å². The summed E-state index contributed by atoms with van der Waals surface area (Å²) in [4.78, 5) is 10.7.